The molecule has 0 aliphatic carbocycles. The van der Waals surface area contributed by atoms with Gasteiger partial charge in [-0.1, -0.05) is 44.2 Å². The summed E-state index contributed by atoms with van der Waals surface area (Å²) < 4.78 is 4.97. The lowest BCUT2D eigenvalue weighted by Crippen LogP contribution is -2.57. The Morgan fingerprint density at radius 3 is 2.24 bits per heavy atom. The number of benzene rings is 1. The Bertz CT molecular complexity index is 825. The van der Waals surface area contributed by atoms with Crippen LogP contribution in [0.4, 0.5) is 0 Å². The summed E-state index contributed by atoms with van der Waals surface area (Å²) in [6.45, 7) is 5.64. The molecule has 1 atom stereocenters. The van der Waals surface area contributed by atoms with Crippen molar-refractivity contribution in [2.24, 2.45) is 5.92 Å². The van der Waals surface area contributed by atoms with Gasteiger partial charge in [0.25, 0.3) is 5.91 Å². The van der Waals surface area contributed by atoms with Gasteiger partial charge in [0.1, 0.15) is 12.3 Å². The lowest BCUT2D eigenvalue weighted by molar-refractivity contribution is -0.138. The third kappa shape index (κ3) is 5.25. The van der Waals surface area contributed by atoms with Crippen molar-refractivity contribution in [2.75, 3.05) is 26.2 Å². The third-order valence-corrected chi connectivity index (χ3v) is 5.10. The van der Waals surface area contributed by atoms with Crippen LogP contribution in [0.15, 0.2) is 53.3 Å². The van der Waals surface area contributed by atoms with Gasteiger partial charge in [0.15, 0.2) is 0 Å². The van der Waals surface area contributed by atoms with Crippen molar-refractivity contribution >= 4 is 17.7 Å². The van der Waals surface area contributed by atoms with E-state index in [4.69, 9.17) is 4.42 Å². The average molecular weight is 397 g/mol. The van der Waals surface area contributed by atoms with Crippen LogP contribution in [0.1, 0.15) is 29.8 Å². The largest absolute Gasteiger partial charge is 0.472 e. The van der Waals surface area contributed by atoms with Crippen molar-refractivity contribution in [3.05, 3.63) is 60.1 Å². The average Bonchev–Trinajstić information content (AvgIpc) is 3.26. The molecule has 0 saturated carbocycles. The fourth-order valence-electron chi connectivity index (χ4n) is 3.41. The number of carbonyl (C=O) groups is 3. The second-order valence-corrected chi connectivity index (χ2v) is 7.58. The number of furan rings is 1. The minimum Gasteiger partial charge on any atom is -0.472 e. The van der Waals surface area contributed by atoms with E-state index in [9.17, 15) is 14.4 Å². The molecule has 1 aliphatic rings. The lowest BCUT2D eigenvalue weighted by atomic mass is 10.0. The standard InChI is InChI=1S/C22H27N3O4/c1-16(2)20(23-19(26)14-17-6-4-3-5-7-17)22(28)25-11-9-24(10-12-25)21(27)18-8-13-29-15-18/h3-8,13,15-16,20H,9-12,14H2,1-2H3,(H,23,26). The van der Waals surface area contributed by atoms with Gasteiger partial charge >= 0.3 is 0 Å². The second kappa shape index (κ2) is 9.41. The van der Waals surface area contributed by atoms with Crippen molar-refractivity contribution in [3.63, 3.8) is 0 Å². The number of nitrogens with zero attached hydrogens (tertiary/aromatic N) is 2. The highest BCUT2D eigenvalue weighted by molar-refractivity contribution is 5.94. The summed E-state index contributed by atoms with van der Waals surface area (Å²) in [7, 11) is 0. The molecule has 1 fully saturated rings. The van der Waals surface area contributed by atoms with Crippen LogP contribution in [-0.4, -0.2) is 59.7 Å². The molecule has 1 N–H and O–H groups in total. The minimum absolute atomic E-state index is 0.0344. The van der Waals surface area contributed by atoms with Gasteiger partial charge in [0.2, 0.25) is 11.8 Å². The van der Waals surface area contributed by atoms with Crippen molar-refractivity contribution in [1.82, 2.24) is 15.1 Å². The maximum atomic E-state index is 13.0. The minimum atomic E-state index is -0.581. The molecule has 1 unspecified atom stereocenters. The highest BCUT2D eigenvalue weighted by atomic mass is 16.3. The van der Waals surface area contributed by atoms with Crippen molar-refractivity contribution < 1.29 is 18.8 Å². The van der Waals surface area contributed by atoms with E-state index in [1.54, 1.807) is 15.9 Å². The predicted molar refractivity (Wildman–Crippen MR) is 108 cm³/mol. The highest BCUT2D eigenvalue weighted by Gasteiger charge is 2.32. The molecule has 0 spiro atoms. The van der Waals surface area contributed by atoms with E-state index in [0.29, 0.717) is 31.7 Å². The first-order valence-corrected chi connectivity index (χ1v) is 9.89. The monoisotopic (exact) mass is 397 g/mol. The van der Waals surface area contributed by atoms with E-state index in [-0.39, 0.29) is 30.1 Å². The number of carbonyl (C=O) groups excluding carboxylic acids is 3. The number of nitrogens with one attached hydrogen (secondary N) is 1. The smallest absolute Gasteiger partial charge is 0.257 e. The number of rotatable bonds is 6. The number of hydrogen-bond donors (Lipinski definition) is 1. The van der Waals surface area contributed by atoms with Gasteiger partial charge in [0, 0.05) is 26.2 Å². The Balaban J connectivity index is 1.55. The van der Waals surface area contributed by atoms with E-state index in [1.807, 2.05) is 44.2 Å². The molecule has 7 nitrogen and oxygen atoms in total. The summed E-state index contributed by atoms with van der Waals surface area (Å²) in [5.41, 5.74) is 1.42. The molecule has 3 rings (SSSR count). The Labute approximate surface area is 170 Å². The summed E-state index contributed by atoms with van der Waals surface area (Å²) in [6.07, 6.45) is 3.14. The molecule has 2 heterocycles. The van der Waals surface area contributed by atoms with E-state index < -0.39 is 6.04 Å². The summed E-state index contributed by atoms with van der Waals surface area (Å²) in [5, 5.41) is 2.90. The molecule has 1 aromatic heterocycles. The zero-order valence-electron chi connectivity index (χ0n) is 16.8. The fourth-order valence-corrected chi connectivity index (χ4v) is 3.41. The van der Waals surface area contributed by atoms with Gasteiger partial charge in [-0.3, -0.25) is 14.4 Å². The van der Waals surface area contributed by atoms with Gasteiger partial charge < -0.3 is 19.5 Å². The zero-order valence-corrected chi connectivity index (χ0v) is 16.8. The van der Waals surface area contributed by atoms with Gasteiger partial charge in [-0.15, -0.1) is 0 Å². The topological polar surface area (TPSA) is 82.9 Å². The second-order valence-electron chi connectivity index (χ2n) is 7.58. The van der Waals surface area contributed by atoms with E-state index in [1.165, 1.54) is 12.5 Å². The van der Waals surface area contributed by atoms with Crippen LogP contribution in [0.3, 0.4) is 0 Å². The molecule has 0 radical (unpaired) electrons. The molecule has 0 bridgehead atoms. The lowest BCUT2D eigenvalue weighted by Gasteiger charge is -2.37. The summed E-state index contributed by atoms with van der Waals surface area (Å²) >= 11 is 0. The van der Waals surface area contributed by atoms with Crippen LogP contribution in [0.2, 0.25) is 0 Å². The molecule has 1 aliphatic heterocycles. The molecule has 1 saturated heterocycles. The predicted octanol–water partition coefficient (Wildman–Crippen LogP) is 1.95. The van der Waals surface area contributed by atoms with Gasteiger partial charge in [-0.25, -0.2) is 0 Å². The van der Waals surface area contributed by atoms with Crippen molar-refractivity contribution in [2.45, 2.75) is 26.3 Å². The molecule has 3 amide bonds. The SMILES string of the molecule is CC(C)C(NC(=O)Cc1ccccc1)C(=O)N1CCN(C(=O)c2ccoc2)CC1. The van der Waals surface area contributed by atoms with Crippen LogP contribution in [0.25, 0.3) is 0 Å². The van der Waals surface area contributed by atoms with Gasteiger partial charge in [-0.05, 0) is 17.5 Å². The van der Waals surface area contributed by atoms with Crippen molar-refractivity contribution in [3.8, 4) is 0 Å². The Kier molecular flexibility index (Phi) is 6.69. The van der Waals surface area contributed by atoms with E-state index >= 15 is 0 Å². The van der Waals surface area contributed by atoms with Crippen LogP contribution >= 0.6 is 0 Å². The van der Waals surface area contributed by atoms with Gasteiger partial charge in [0.05, 0.1) is 18.2 Å². The maximum Gasteiger partial charge on any atom is 0.257 e. The molecular weight excluding hydrogens is 370 g/mol. The zero-order chi connectivity index (χ0) is 20.8. The number of hydrogen-bond acceptors (Lipinski definition) is 4. The molecule has 1 aromatic carbocycles. The normalized spacial score (nSPS) is 15.3. The van der Waals surface area contributed by atoms with Crippen LogP contribution in [-0.2, 0) is 16.0 Å². The van der Waals surface area contributed by atoms with Crippen LogP contribution < -0.4 is 5.32 Å². The first-order chi connectivity index (χ1) is 14.0. The third-order valence-electron chi connectivity index (χ3n) is 5.10. The van der Waals surface area contributed by atoms with Crippen molar-refractivity contribution in [1.29, 1.82) is 0 Å². The fraction of sp³-hybridized carbons (Fsp3) is 0.409. The Hall–Kier alpha value is -3.09. The van der Waals surface area contributed by atoms with E-state index in [0.717, 1.165) is 5.56 Å². The summed E-state index contributed by atoms with van der Waals surface area (Å²) in [6, 6.07) is 10.5. The van der Waals surface area contributed by atoms with E-state index in [2.05, 4.69) is 5.32 Å². The molecule has 2 aromatic rings. The van der Waals surface area contributed by atoms with Crippen LogP contribution in [0.5, 0.6) is 0 Å². The number of piperazine rings is 1. The Morgan fingerprint density at radius 1 is 1.00 bits per heavy atom. The number of amides is 3. The molecular formula is C22H27N3O4. The van der Waals surface area contributed by atoms with Crippen LogP contribution in [0, 0.1) is 5.92 Å². The molecule has 7 heteroatoms. The summed E-state index contributed by atoms with van der Waals surface area (Å²) in [4.78, 5) is 41.3. The maximum absolute atomic E-state index is 13.0. The molecule has 154 valence electrons. The molecule has 29 heavy (non-hydrogen) atoms. The quantitative estimate of drug-likeness (QED) is 0.808. The first-order valence-electron chi connectivity index (χ1n) is 9.89. The van der Waals surface area contributed by atoms with Gasteiger partial charge in [-0.2, -0.15) is 0 Å². The first kappa shape index (κ1) is 20.6. The highest BCUT2D eigenvalue weighted by Crippen LogP contribution is 2.13. The Morgan fingerprint density at radius 2 is 1.66 bits per heavy atom. The summed E-state index contributed by atoms with van der Waals surface area (Å²) in [5.74, 6) is -0.399.